The molecule has 10 rings (SSSR count). The summed E-state index contributed by atoms with van der Waals surface area (Å²) in [5.74, 6) is 0. The Morgan fingerprint density at radius 2 is 0.919 bits per heavy atom. The summed E-state index contributed by atoms with van der Waals surface area (Å²) in [5, 5.41) is 5.28. The molecule has 0 spiro atoms. The van der Waals surface area contributed by atoms with E-state index >= 15 is 0 Å². The zero-order valence-electron chi connectivity index (χ0n) is 37.6. The minimum atomic E-state index is -0.473. The highest BCUT2D eigenvalue weighted by molar-refractivity contribution is 6.19. The van der Waals surface area contributed by atoms with Gasteiger partial charge in [0.05, 0.1) is 5.41 Å². The van der Waals surface area contributed by atoms with Crippen molar-refractivity contribution in [2.24, 2.45) is 0 Å². The zero-order valence-corrected chi connectivity index (χ0v) is 37.6. The van der Waals surface area contributed by atoms with Crippen LogP contribution in [0.15, 0.2) is 212 Å². The lowest BCUT2D eigenvalue weighted by molar-refractivity contribution is 0.759. The third-order valence-corrected chi connectivity index (χ3v) is 12.2. The predicted octanol–water partition coefficient (Wildman–Crippen LogP) is 16.9. The number of benzene rings is 9. The van der Waals surface area contributed by atoms with Crippen molar-refractivity contribution in [3.05, 3.63) is 268 Å². The maximum atomic E-state index is 2.52. The van der Waals surface area contributed by atoms with Gasteiger partial charge in [0, 0.05) is 0 Å². The van der Waals surface area contributed by atoms with Gasteiger partial charge in [-0.15, -0.1) is 0 Å². The van der Waals surface area contributed by atoms with Crippen LogP contribution in [0, 0.1) is 20.8 Å². The average Bonchev–Trinajstić information content (AvgIpc) is 3.64. The third kappa shape index (κ3) is 8.70. The molecule has 308 valence electrons. The summed E-state index contributed by atoms with van der Waals surface area (Å²) in [4.78, 5) is 0. The Bertz CT molecular complexity index is 2850. The SMILES string of the molecule is C/C(=C\Cc1ccc2c(c1)C(c1ccccc1C)(c1ccccc1C)c1c-2c2ccccc2c2ccccc12)c1ccccc1.CC.CCc1ccccc1.Cc1ccccc1. The Hall–Kier alpha value is -6.76. The predicted molar refractivity (Wildman–Crippen MR) is 270 cm³/mol. The number of aryl methyl sites for hydroxylation is 4. The first-order valence-electron chi connectivity index (χ1n) is 22.4. The van der Waals surface area contributed by atoms with Crippen LogP contribution in [0.2, 0.25) is 0 Å². The van der Waals surface area contributed by atoms with Crippen molar-refractivity contribution in [1.82, 2.24) is 0 Å². The van der Waals surface area contributed by atoms with Gasteiger partial charge in [-0.05, 0) is 129 Å². The molecule has 0 radical (unpaired) electrons. The Morgan fingerprint density at radius 1 is 0.452 bits per heavy atom. The lowest BCUT2D eigenvalue weighted by atomic mass is 9.64. The van der Waals surface area contributed by atoms with E-state index in [0.717, 1.165) is 12.8 Å². The van der Waals surface area contributed by atoms with Crippen LogP contribution in [0.4, 0.5) is 0 Å². The molecule has 0 fully saturated rings. The molecule has 0 amide bonds. The molecule has 0 N–H and O–H groups in total. The molecular formula is C62H60. The van der Waals surface area contributed by atoms with Crippen LogP contribution >= 0.6 is 0 Å². The van der Waals surface area contributed by atoms with E-state index in [4.69, 9.17) is 0 Å². The van der Waals surface area contributed by atoms with Gasteiger partial charge in [0.15, 0.2) is 0 Å². The van der Waals surface area contributed by atoms with E-state index < -0.39 is 5.41 Å². The summed E-state index contributed by atoms with van der Waals surface area (Å²) >= 11 is 0. The quantitative estimate of drug-likeness (QED) is 0.147. The summed E-state index contributed by atoms with van der Waals surface area (Å²) < 4.78 is 0. The minimum absolute atomic E-state index is 0.473. The molecule has 0 unspecified atom stereocenters. The van der Waals surface area contributed by atoms with E-state index in [1.165, 1.54) is 93.9 Å². The fraction of sp³-hybridized carbons (Fsp3) is 0.161. The first kappa shape index (κ1) is 43.3. The van der Waals surface area contributed by atoms with Gasteiger partial charge < -0.3 is 0 Å². The summed E-state index contributed by atoms with van der Waals surface area (Å²) in [5.41, 5.74) is 17.0. The molecule has 0 nitrogen and oxygen atoms in total. The molecule has 0 saturated carbocycles. The maximum Gasteiger partial charge on any atom is 0.0725 e. The molecule has 0 heterocycles. The van der Waals surface area contributed by atoms with Gasteiger partial charge >= 0.3 is 0 Å². The molecule has 0 aromatic heterocycles. The van der Waals surface area contributed by atoms with Crippen molar-refractivity contribution >= 4 is 27.1 Å². The topological polar surface area (TPSA) is 0 Å². The minimum Gasteiger partial charge on any atom is -0.0766 e. The van der Waals surface area contributed by atoms with Crippen molar-refractivity contribution in [3.8, 4) is 11.1 Å². The summed E-state index contributed by atoms with van der Waals surface area (Å²) in [6.45, 7) is 15.0. The van der Waals surface area contributed by atoms with Gasteiger partial charge in [-0.1, -0.05) is 239 Å². The van der Waals surface area contributed by atoms with Crippen LogP contribution in [0.5, 0.6) is 0 Å². The second-order valence-corrected chi connectivity index (χ2v) is 16.1. The van der Waals surface area contributed by atoms with E-state index in [2.05, 4.69) is 223 Å². The molecule has 0 aliphatic heterocycles. The van der Waals surface area contributed by atoms with Crippen molar-refractivity contribution in [2.75, 3.05) is 0 Å². The van der Waals surface area contributed by atoms with Crippen LogP contribution in [-0.2, 0) is 18.3 Å². The Balaban J connectivity index is 0.000000285. The van der Waals surface area contributed by atoms with E-state index in [1.807, 2.05) is 38.1 Å². The van der Waals surface area contributed by atoms with Gasteiger partial charge in [0.2, 0.25) is 0 Å². The van der Waals surface area contributed by atoms with Gasteiger partial charge in [-0.25, -0.2) is 0 Å². The molecule has 0 bridgehead atoms. The first-order chi connectivity index (χ1) is 30.4. The molecule has 62 heavy (non-hydrogen) atoms. The van der Waals surface area contributed by atoms with Gasteiger partial charge in [-0.3, -0.25) is 0 Å². The summed E-state index contributed by atoms with van der Waals surface area (Å²) in [6.07, 6.45) is 4.40. The largest absolute Gasteiger partial charge is 0.0766 e. The van der Waals surface area contributed by atoms with Crippen LogP contribution in [0.3, 0.4) is 0 Å². The molecule has 1 aliphatic carbocycles. The number of rotatable bonds is 6. The molecule has 1 aliphatic rings. The molecule has 9 aromatic carbocycles. The average molecular weight is 805 g/mol. The van der Waals surface area contributed by atoms with Crippen LogP contribution in [-0.4, -0.2) is 0 Å². The molecule has 0 atom stereocenters. The normalized spacial score (nSPS) is 12.1. The molecular weight excluding hydrogens is 745 g/mol. The standard InChI is InChI=1S/C45H36.C8H10.C7H8.C2H6/c1-30(34-17-5-4-6-18-34)25-26-33-27-28-39-42(29-33)45(40-23-13-7-15-31(40)2,41-24-14-8-16-32(41)3)44-38-22-12-10-20-36(38)35-19-9-11-21-37(35)43(39)44;1-2-8-6-4-3-5-7-8;1-7-5-3-2-4-6-7;1-2/h4-25,27-29H,26H2,1-3H3;3-7H,2H2,1H3;2-6H,1H3;1-2H3/b30-25+;;;. The van der Waals surface area contributed by atoms with Crippen molar-refractivity contribution < 1.29 is 0 Å². The van der Waals surface area contributed by atoms with Crippen LogP contribution in [0.1, 0.15) is 83.3 Å². The molecule has 0 heteroatoms. The maximum absolute atomic E-state index is 2.52. The second-order valence-electron chi connectivity index (χ2n) is 16.1. The highest BCUT2D eigenvalue weighted by Gasteiger charge is 2.49. The van der Waals surface area contributed by atoms with Gasteiger partial charge in [0.1, 0.15) is 0 Å². The van der Waals surface area contributed by atoms with Crippen LogP contribution < -0.4 is 0 Å². The lowest BCUT2D eigenvalue weighted by Gasteiger charge is -2.37. The second kappa shape index (κ2) is 20.2. The number of hydrogen-bond donors (Lipinski definition) is 0. The Morgan fingerprint density at radius 3 is 1.44 bits per heavy atom. The molecule has 0 saturated heterocycles. The fourth-order valence-electron chi connectivity index (χ4n) is 9.22. The van der Waals surface area contributed by atoms with Crippen molar-refractivity contribution in [2.45, 2.75) is 66.7 Å². The number of allylic oxidation sites excluding steroid dienone is 2. The smallest absolute Gasteiger partial charge is 0.0725 e. The van der Waals surface area contributed by atoms with E-state index in [1.54, 1.807) is 0 Å². The van der Waals surface area contributed by atoms with Crippen molar-refractivity contribution in [1.29, 1.82) is 0 Å². The summed E-state index contributed by atoms with van der Waals surface area (Å²) in [7, 11) is 0. The van der Waals surface area contributed by atoms with Gasteiger partial charge in [-0.2, -0.15) is 0 Å². The zero-order chi connectivity index (χ0) is 43.5. The monoisotopic (exact) mass is 804 g/mol. The highest BCUT2D eigenvalue weighted by Crippen LogP contribution is 2.61. The number of fused-ring (bicyclic) bond motifs is 8. The molecule has 9 aromatic rings. The highest BCUT2D eigenvalue weighted by atomic mass is 14.5. The van der Waals surface area contributed by atoms with E-state index in [9.17, 15) is 0 Å². The van der Waals surface area contributed by atoms with E-state index in [-0.39, 0.29) is 0 Å². The lowest BCUT2D eigenvalue weighted by Crippen LogP contribution is -2.31. The van der Waals surface area contributed by atoms with Crippen LogP contribution in [0.25, 0.3) is 38.2 Å². The Kier molecular flexibility index (Phi) is 14.1. The van der Waals surface area contributed by atoms with Gasteiger partial charge in [0.25, 0.3) is 0 Å². The van der Waals surface area contributed by atoms with Crippen molar-refractivity contribution in [3.63, 3.8) is 0 Å². The Labute approximate surface area is 371 Å². The third-order valence-electron chi connectivity index (χ3n) is 12.2. The fourth-order valence-corrected chi connectivity index (χ4v) is 9.22. The summed E-state index contributed by atoms with van der Waals surface area (Å²) in [6, 6.07) is 74.9. The number of hydrogen-bond acceptors (Lipinski definition) is 0. The van der Waals surface area contributed by atoms with E-state index in [0.29, 0.717) is 0 Å². The first-order valence-corrected chi connectivity index (χ1v) is 22.4.